The molecule has 0 aliphatic heterocycles. The van der Waals surface area contributed by atoms with E-state index in [1.165, 1.54) is 0 Å². The molecule has 1 nitrogen and oxygen atoms in total. The maximum atomic E-state index is 12.3. The lowest BCUT2D eigenvalue weighted by atomic mass is 10.2. The largest absolute Gasteiger partial charge is 0.469 e. The summed E-state index contributed by atoms with van der Waals surface area (Å²) in [6.45, 7) is 0.0463. The fraction of sp³-hybridized carbons (Fsp3) is 0.667. The molecule has 9 heteroatoms. The van der Waals surface area contributed by atoms with Gasteiger partial charge in [-0.25, -0.2) is 4.39 Å². The summed E-state index contributed by atoms with van der Waals surface area (Å²) in [7, 11) is 0. The molecule has 0 saturated heterocycles. The van der Waals surface area contributed by atoms with Crippen molar-refractivity contribution in [2.75, 3.05) is 0 Å². The van der Waals surface area contributed by atoms with Crippen molar-refractivity contribution in [2.45, 2.75) is 25.1 Å². The summed E-state index contributed by atoms with van der Waals surface area (Å²) in [6.07, 6.45) is -12.4. The smallest absolute Gasteiger partial charge is 0.398 e. The highest BCUT2D eigenvalue weighted by molar-refractivity contribution is 4.89. The fourth-order valence-electron chi connectivity index (χ4n) is 0.451. The van der Waals surface area contributed by atoms with Crippen LogP contribution >= 0.6 is 0 Å². The molecule has 0 aromatic rings. The Labute approximate surface area is 78.3 Å². The third-order valence-electron chi connectivity index (χ3n) is 1.25. The van der Waals surface area contributed by atoms with Crippen molar-refractivity contribution < 1.29 is 39.9 Å². The Kier molecular flexibility index (Phi) is 3.94. The first-order chi connectivity index (χ1) is 6.52. The van der Waals surface area contributed by atoms with Gasteiger partial charge < -0.3 is 4.74 Å². The van der Waals surface area contributed by atoms with E-state index in [4.69, 9.17) is 0 Å². The molecule has 0 fully saturated rings. The van der Waals surface area contributed by atoms with Crippen molar-refractivity contribution >= 4 is 0 Å². The van der Waals surface area contributed by atoms with Gasteiger partial charge in [0.05, 0.1) is 0 Å². The van der Waals surface area contributed by atoms with E-state index in [0.717, 1.165) is 0 Å². The third-order valence-corrected chi connectivity index (χ3v) is 1.25. The molecule has 0 radical (unpaired) electrons. The molecule has 0 aromatic heterocycles. The molecule has 0 aliphatic carbocycles. The molecular weight excluding hydrogens is 240 g/mol. The van der Waals surface area contributed by atoms with Crippen LogP contribution in [0.15, 0.2) is 12.1 Å². The standard InChI is InChI=1S/C6H4F8O/c1-2(7)5(11,12)6(13,14)15-4(10)3(8)9/h2H,1H3. The van der Waals surface area contributed by atoms with Gasteiger partial charge >= 0.3 is 24.1 Å². The lowest BCUT2D eigenvalue weighted by Gasteiger charge is -2.25. The SMILES string of the molecule is CC(F)C(F)(F)C(F)(F)OC(F)=C(F)F. The second-order valence-corrected chi connectivity index (χ2v) is 2.39. The Morgan fingerprint density at radius 3 is 1.73 bits per heavy atom. The average Bonchev–Trinajstić information content (AvgIpc) is 2.02. The normalized spacial score (nSPS) is 14.7. The summed E-state index contributed by atoms with van der Waals surface area (Å²) in [5, 5.41) is 0. The molecule has 0 aromatic carbocycles. The van der Waals surface area contributed by atoms with E-state index in [0.29, 0.717) is 0 Å². The van der Waals surface area contributed by atoms with Crippen LogP contribution in [0.1, 0.15) is 6.92 Å². The van der Waals surface area contributed by atoms with Crippen LogP contribution in [0.3, 0.4) is 0 Å². The van der Waals surface area contributed by atoms with Crippen LogP contribution in [0.4, 0.5) is 35.1 Å². The van der Waals surface area contributed by atoms with Crippen LogP contribution in [-0.2, 0) is 4.74 Å². The topological polar surface area (TPSA) is 9.23 Å². The maximum absolute atomic E-state index is 12.3. The fourth-order valence-corrected chi connectivity index (χ4v) is 0.451. The van der Waals surface area contributed by atoms with Crippen molar-refractivity contribution in [3.05, 3.63) is 12.1 Å². The maximum Gasteiger partial charge on any atom is 0.469 e. The molecule has 1 atom stereocenters. The van der Waals surface area contributed by atoms with Gasteiger partial charge in [-0.15, -0.1) is 0 Å². The van der Waals surface area contributed by atoms with E-state index < -0.39 is 30.3 Å². The first-order valence-electron chi connectivity index (χ1n) is 3.32. The Morgan fingerprint density at radius 2 is 1.47 bits per heavy atom. The van der Waals surface area contributed by atoms with Gasteiger partial charge in [0.1, 0.15) is 0 Å². The minimum Gasteiger partial charge on any atom is -0.398 e. The number of rotatable bonds is 4. The van der Waals surface area contributed by atoms with Crippen molar-refractivity contribution in [1.29, 1.82) is 0 Å². The Balaban J connectivity index is 4.92. The van der Waals surface area contributed by atoms with E-state index in [9.17, 15) is 35.1 Å². The number of halogens is 8. The van der Waals surface area contributed by atoms with Crippen LogP contribution < -0.4 is 0 Å². The zero-order valence-electron chi connectivity index (χ0n) is 7.01. The van der Waals surface area contributed by atoms with E-state index in [1.807, 2.05) is 0 Å². The molecule has 1 unspecified atom stereocenters. The van der Waals surface area contributed by atoms with E-state index in [-0.39, 0.29) is 6.92 Å². The monoisotopic (exact) mass is 244 g/mol. The molecule has 90 valence electrons. The summed E-state index contributed by atoms with van der Waals surface area (Å²) in [6, 6.07) is -3.18. The highest BCUT2D eigenvalue weighted by Crippen LogP contribution is 2.41. The number of ether oxygens (including phenoxy) is 1. The summed E-state index contributed by atoms with van der Waals surface area (Å²) < 4.78 is 97.7. The van der Waals surface area contributed by atoms with Crippen LogP contribution in [0.2, 0.25) is 0 Å². The first-order valence-corrected chi connectivity index (χ1v) is 3.32. The molecule has 15 heavy (non-hydrogen) atoms. The van der Waals surface area contributed by atoms with E-state index in [1.54, 1.807) is 0 Å². The summed E-state index contributed by atoms with van der Waals surface area (Å²) in [5.41, 5.74) is 0. The van der Waals surface area contributed by atoms with Crippen molar-refractivity contribution in [1.82, 2.24) is 0 Å². The van der Waals surface area contributed by atoms with Crippen LogP contribution in [-0.4, -0.2) is 18.2 Å². The van der Waals surface area contributed by atoms with Gasteiger partial charge in [0.25, 0.3) is 0 Å². The Bertz CT molecular complexity index is 254. The molecule has 0 saturated carbocycles. The highest BCUT2D eigenvalue weighted by atomic mass is 19.3. The highest BCUT2D eigenvalue weighted by Gasteiger charge is 2.64. The zero-order valence-corrected chi connectivity index (χ0v) is 7.01. The summed E-state index contributed by atoms with van der Waals surface area (Å²) in [4.78, 5) is 0. The summed E-state index contributed by atoms with van der Waals surface area (Å²) >= 11 is 0. The molecule has 0 heterocycles. The Hall–Kier alpha value is -1.02. The number of alkyl halides is 5. The van der Waals surface area contributed by atoms with E-state index in [2.05, 4.69) is 4.74 Å². The van der Waals surface area contributed by atoms with Crippen molar-refractivity contribution in [3.63, 3.8) is 0 Å². The predicted octanol–water partition coefficient (Wildman–Crippen LogP) is 3.62. The quantitative estimate of drug-likeness (QED) is 0.542. The molecule has 0 N–H and O–H groups in total. The molecule has 0 aliphatic rings. The lowest BCUT2D eigenvalue weighted by molar-refractivity contribution is -0.353. The molecular formula is C6H4F8O. The van der Waals surface area contributed by atoms with Crippen LogP contribution in [0, 0.1) is 0 Å². The van der Waals surface area contributed by atoms with E-state index >= 15 is 0 Å². The van der Waals surface area contributed by atoms with Gasteiger partial charge in [0.2, 0.25) is 0 Å². The van der Waals surface area contributed by atoms with Gasteiger partial charge in [0, 0.05) is 0 Å². The van der Waals surface area contributed by atoms with Gasteiger partial charge in [0.15, 0.2) is 6.17 Å². The summed E-state index contributed by atoms with van der Waals surface area (Å²) in [5.74, 6) is -5.42. The molecule has 0 spiro atoms. The molecule has 0 rings (SSSR count). The van der Waals surface area contributed by atoms with Gasteiger partial charge in [-0.2, -0.15) is 30.7 Å². The molecule has 0 bridgehead atoms. The zero-order chi connectivity index (χ0) is 12.4. The lowest BCUT2D eigenvalue weighted by Crippen LogP contribution is -2.48. The van der Waals surface area contributed by atoms with Crippen LogP contribution in [0.5, 0.6) is 0 Å². The predicted molar refractivity (Wildman–Crippen MR) is 31.9 cm³/mol. The van der Waals surface area contributed by atoms with Crippen molar-refractivity contribution in [2.24, 2.45) is 0 Å². The number of hydrogen-bond donors (Lipinski definition) is 0. The third kappa shape index (κ3) is 2.96. The minimum absolute atomic E-state index is 0.0463. The average molecular weight is 244 g/mol. The first kappa shape index (κ1) is 14.0. The Morgan fingerprint density at radius 1 is 1.07 bits per heavy atom. The minimum atomic E-state index is -5.70. The molecule has 0 amide bonds. The van der Waals surface area contributed by atoms with Crippen molar-refractivity contribution in [3.8, 4) is 0 Å². The number of hydrogen-bond acceptors (Lipinski definition) is 1. The van der Waals surface area contributed by atoms with Crippen LogP contribution in [0.25, 0.3) is 0 Å². The second kappa shape index (κ2) is 4.23. The van der Waals surface area contributed by atoms with Gasteiger partial charge in [-0.1, -0.05) is 0 Å². The van der Waals surface area contributed by atoms with Gasteiger partial charge in [-0.05, 0) is 6.92 Å². The second-order valence-electron chi connectivity index (χ2n) is 2.39. The van der Waals surface area contributed by atoms with Gasteiger partial charge in [-0.3, -0.25) is 0 Å².